The van der Waals surface area contributed by atoms with Crippen LogP contribution >= 0.6 is 0 Å². The van der Waals surface area contributed by atoms with Crippen molar-refractivity contribution in [1.29, 1.82) is 0 Å². The first-order valence-corrected chi connectivity index (χ1v) is 6.53. The quantitative estimate of drug-likeness (QED) is 0.917. The highest BCUT2D eigenvalue weighted by molar-refractivity contribution is 5.93. The zero-order chi connectivity index (χ0) is 13.4. The Morgan fingerprint density at radius 1 is 1.58 bits per heavy atom. The van der Waals surface area contributed by atoms with Gasteiger partial charge in [0, 0.05) is 19.2 Å². The summed E-state index contributed by atoms with van der Waals surface area (Å²) in [6.07, 6.45) is 4.03. The second kappa shape index (κ2) is 4.57. The first kappa shape index (κ1) is 12.0. The molecule has 5 nitrogen and oxygen atoms in total. The molecule has 1 saturated carbocycles. The Labute approximate surface area is 111 Å². The number of rotatable bonds is 4. The Hall–Kier alpha value is -2.04. The summed E-state index contributed by atoms with van der Waals surface area (Å²) < 4.78 is 5.27. The standard InChI is InChI=1S/C14H17N3O2/c1-9(10-5-6-10)17(2)14(18)12-8-11(15-16-12)13-4-3-7-19-13/h3-4,7-10H,5-6H2,1-2H3,(H,15,16)/t9-/m0/s1. The number of hydrogen-bond donors (Lipinski definition) is 1. The van der Waals surface area contributed by atoms with E-state index in [-0.39, 0.29) is 11.9 Å². The summed E-state index contributed by atoms with van der Waals surface area (Å²) in [5, 5.41) is 6.92. The predicted octanol–water partition coefficient (Wildman–Crippen LogP) is 2.54. The molecule has 5 heteroatoms. The van der Waals surface area contributed by atoms with Gasteiger partial charge in [-0.2, -0.15) is 5.10 Å². The van der Waals surface area contributed by atoms with Crippen LogP contribution in [0.25, 0.3) is 11.5 Å². The molecule has 1 atom stereocenters. The molecule has 1 fully saturated rings. The summed E-state index contributed by atoms with van der Waals surface area (Å²) in [5.41, 5.74) is 1.15. The average molecular weight is 259 g/mol. The van der Waals surface area contributed by atoms with E-state index in [0.29, 0.717) is 17.4 Å². The fourth-order valence-corrected chi connectivity index (χ4v) is 2.25. The number of aromatic amines is 1. The van der Waals surface area contributed by atoms with E-state index >= 15 is 0 Å². The van der Waals surface area contributed by atoms with Gasteiger partial charge < -0.3 is 9.32 Å². The highest BCUT2D eigenvalue weighted by atomic mass is 16.3. The van der Waals surface area contributed by atoms with Crippen molar-refractivity contribution < 1.29 is 9.21 Å². The molecule has 1 aliphatic carbocycles. The van der Waals surface area contributed by atoms with Gasteiger partial charge >= 0.3 is 0 Å². The molecule has 2 heterocycles. The van der Waals surface area contributed by atoms with Crippen LogP contribution in [-0.4, -0.2) is 34.1 Å². The molecule has 2 aromatic rings. The summed E-state index contributed by atoms with van der Waals surface area (Å²) in [6, 6.07) is 5.64. The Morgan fingerprint density at radius 3 is 3.00 bits per heavy atom. The lowest BCUT2D eigenvalue weighted by atomic mass is 10.2. The molecular weight excluding hydrogens is 242 g/mol. The summed E-state index contributed by atoms with van der Waals surface area (Å²) >= 11 is 0. The number of amides is 1. The van der Waals surface area contributed by atoms with E-state index in [1.54, 1.807) is 23.3 Å². The summed E-state index contributed by atoms with van der Waals surface area (Å²) in [5.74, 6) is 1.29. The average Bonchev–Trinajstić information content (AvgIpc) is 2.94. The highest BCUT2D eigenvalue weighted by Crippen LogP contribution is 2.35. The lowest BCUT2D eigenvalue weighted by Crippen LogP contribution is -2.36. The summed E-state index contributed by atoms with van der Waals surface area (Å²) in [4.78, 5) is 14.1. The van der Waals surface area contributed by atoms with Crippen molar-refractivity contribution in [3.8, 4) is 11.5 Å². The zero-order valence-electron chi connectivity index (χ0n) is 11.1. The van der Waals surface area contributed by atoms with Gasteiger partial charge in [-0.15, -0.1) is 0 Å². The smallest absolute Gasteiger partial charge is 0.274 e. The predicted molar refractivity (Wildman–Crippen MR) is 70.6 cm³/mol. The van der Waals surface area contributed by atoms with Gasteiger partial charge in [-0.25, -0.2) is 0 Å². The van der Waals surface area contributed by atoms with Crippen molar-refractivity contribution >= 4 is 5.91 Å². The molecule has 0 spiro atoms. The van der Waals surface area contributed by atoms with Crippen molar-refractivity contribution in [1.82, 2.24) is 15.1 Å². The van der Waals surface area contributed by atoms with Crippen LogP contribution in [-0.2, 0) is 0 Å². The molecule has 1 amide bonds. The van der Waals surface area contributed by atoms with Crippen LogP contribution in [0, 0.1) is 5.92 Å². The van der Waals surface area contributed by atoms with Crippen LogP contribution in [0.5, 0.6) is 0 Å². The van der Waals surface area contributed by atoms with Crippen molar-refractivity contribution in [3.05, 3.63) is 30.2 Å². The van der Waals surface area contributed by atoms with Gasteiger partial charge in [0.15, 0.2) is 11.5 Å². The maximum absolute atomic E-state index is 12.3. The Bertz CT molecular complexity index is 569. The van der Waals surface area contributed by atoms with Gasteiger partial charge in [0.25, 0.3) is 5.91 Å². The molecule has 100 valence electrons. The molecule has 19 heavy (non-hydrogen) atoms. The number of H-pyrrole nitrogens is 1. The van der Waals surface area contributed by atoms with Crippen LogP contribution in [0.15, 0.2) is 28.9 Å². The third-order valence-corrected chi connectivity index (χ3v) is 3.82. The van der Waals surface area contributed by atoms with E-state index in [1.807, 2.05) is 13.1 Å². The topological polar surface area (TPSA) is 62.1 Å². The fraction of sp³-hybridized carbons (Fsp3) is 0.429. The largest absolute Gasteiger partial charge is 0.463 e. The van der Waals surface area contributed by atoms with E-state index in [9.17, 15) is 4.79 Å². The highest BCUT2D eigenvalue weighted by Gasteiger charge is 2.33. The van der Waals surface area contributed by atoms with Crippen molar-refractivity contribution in [2.24, 2.45) is 5.92 Å². The van der Waals surface area contributed by atoms with Crippen LogP contribution in [0.1, 0.15) is 30.3 Å². The number of carbonyl (C=O) groups is 1. The Balaban J connectivity index is 1.76. The number of nitrogens with one attached hydrogen (secondary N) is 1. The Morgan fingerprint density at radius 2 is 2.37 bits per heavy atom. The molecule has 0 saturated heterocycles. The molecular formula is C14H17N3O2. The first-order chi connectivity index (χ1) is 9.16. The van der Waals surface area contributed by atoms with E-state index in [2.05, 4.69) is 17.1 Å². The minimum atomic E-state index is -0.0477. The maximum atomic E-state index is 12.3. The van der Waals surface area contributed by atoms with Gasteiger partial charge in [0.2, 0.25) is 0 Å². The first-order valence-electron chi connectivity index (χ1n) is 6.53. The van der Waals surface area contributed by atoms with Crippen molar-refractivity contribution in [3.63, 3.8) is 0 Å². The summed E-state index contributed by atoms with van der Waals surface area (Å²) in [7, 11) is 1.84. The molecule has 0 aromatic carbocycles. The van der Waals surface area contributed by atoms with Crippen molar-refractivity contribution in [2.75, 3.05) is 7.05 Å². The fourth-order valence-electron chi connectivity index (χ4n) is 2.25. The van der Waals surface area contributed by atoms with Gasteiger partial charge in [-0.1, -0.05) is 0 Å². The molecule has 1 aliphatic rings. The van der Waals surface area contributed by atoms with E-state index in [1.165, 1.54) is 12.8 Å². The third-order valence-electron chi connectivity index (χ3n) is 3.82. The SMILES string of the molecule is C[C@@H](C1CC1)N(C)C(=O)c1cc(-c2ccco2)[nH]n1. The minimum absolute atomic E-state index is 0.0477. The second-order valence-electron chi connectivity index (χ2n) is 5.14. The van der Waals surface area contributed by atoms with Gasteiger partial charge in [0.1, 0.15) is 5.69 Å². The van der Waals surface area contributed by atoms with Crippen LogP contribution < -0.4 is 0 Å². The molecule has 1 N–H and O–H groups in total. The third kappa shape index (κ3) is 2.28. The molecule has 0 aliphatic heterocycles. The van der Waals surface area contributed by atoms with E-state index in [4.69, 9.17) is 4.42 Å². The van der Waals surface area contributed by atoms with Crippen LogP contribution in [0.3, 0.4) is 0 Å². The minimum Gasteiger partial charge on any atom is -0.463 e. The number of furan rings is 1. The van der Waals surface area contributed by atoms with E-state index in [0.717, 1.165) is 5.69 Å². The van der Waals surface area contributed by atoms with Gasteiger partial charge in [-0.05, 0) is 37.8 Å². The molecule has 0 unspecified atom stereocenters. The van der Waals surface area contributed by atoms with E-state index < -0.39 is 0 Å². The lowest BCUT2D eigenvalue weighted by molar-refractivity contribution is 0.0721. The number of aromatic nitrogens is 2. The molecule has 0 radical (unpaired) electrons. The molecule has 0 bridgehead atoms. The van der Waals surface area contributed by atoms with Crippen LogP contribution in [0.4, 0.5) is 0 Å². The zero-order valence-corrected chi connectivity index (χ0v) is 11.1. The maximum Gasteiger partial charge on any atom is 0.274 e. The lowest BCUT2D eigenvalue weighted by Gasteiger charge is -2.23. The number of nitrogens with zero attached hydrogens (tertiary/aromatic N) is 2. The second-order valence-corrected chi connectivity index (χ2v) is 5.14. The molecule has 2 aromatic heterocycles. The monoisotopic (exact) mass is 259 g/mol. The van der Waals surface area contributed by atoms with Crippen molar-refractivity contribution in [2.45, 2.75) is 25.8 Å². The van der Waals surface area contributed by atoms with Gasteiger partial charge in [-0.3, -0.25) is 9.89 Å². The number of hydrogen-bond acceptors (Lipinski definition) is 3. The number of carbonyl (C=O) groups excluding carboxylic acids is 1. The molecule has 3 rings (SSSR count). The normalized spacial score (nSPS) is 16.3. The van der Waals surface area contributed by atoms with Crippen LogP contribution in [0.2, 0.25) is 0 Å². The van der Waals surface area contributed by atoms with Gasteiger partial charge in [0.05, 0.1) is 6.26 Å². The summed E-state index contributed by atoms with van der Waals surface area (Å²) in [6.45, 7) is 2.09. The Kier molecular flexibility index (Phi) is 2.89.